The molecule has 0 heterocycles. The molecule has 1 rings (SSSR count). The molecule has 0 saturated heterocycles. The number of likely N-dealkylation sites (N-methyl/N-ethyl adjacent to an activating group) is 1. The van der Waals surface area contributed by atoms with Gasteiger partial charge in [-0.15, -0.1) is 0 Å². The molecule has 0 aliphatic heterocycles. The first-order valence-electron chi connectivity index (χ1n) is 5.79. The average Bonchev–Trinajstić information content (AvgIpc) is 2.34. The van der Waals surface area contributed by atoms with Crippen molar-refractivity contribution in [1.82, 2.24) is 4.90 Å². The van der Waals surface area contributed by atoms with Crippen molar-refractivity contribution in [2.75, 3.05) is 45.7 Å². The molecule has 0 spiro atoms. The first kappa shape index (κ1) is 14.8. The lowest BCUT2D eigenvalue weighted by molar-refractivity contribution is 0.126. The maximum absolute atomic E-state index is 8.96. The van der Waals surface area contributed by atoms with Crippen LogP contribution in [0.25, 0.3) is 0 Å². The second-order valence-electron chi connectivity index (χ2n) is 4.14. The van der Waals surface area contributed by atoms with E-state index in [2.05, 4.69) is 16.3 Å². The highest BCUT2D eigenvalue weighted by Crippen LogP contribution is 2.19. The monoisotopic (exact) mass is 267 g/mol. The van der Waals surface area contributed by atoms with Crippen molar-refractivity contribution in [3.8, 4) is 6.07 Å². The van der Waals surface area contributed by atoms with E-state index in [1.54, 1.807) is 18.2 Å². The molecule has 1 aromatic rings. The van der Waals surface area contributed by atoms with Crippen molar-refractivity contribution >= 4 is 17.3 Å². The van der Waals surface area contributed by atoms with Gasteiger partial charge in [-0.1, -0.05) is 11.6 Å². The molecule has 18 heavy (non-hydrogen) atoms. The van der Waals surface area contributed by atoms with Gasteiger partial charge in [-0.2, -0.15) is 5.26 Å². The number of hydrogen-bond acceptors (Lipinski definition) is 4. The van der Waals surface area contributed by atoms with Gasteiger partial charge < -0.3 is 15.0 Å². The topological polar surface area (TPSA) is 48.3 Å². The summed E-state index contributed by atoms with van der Waals surface area (Å²) in [6.45, 7) is 2.90. The summed E-state index contributed by atoms with van der Waals surface area (Å²) in [6, 6.07) is 7.33. The lowest BCUT2D eigenvalue weighted by Gasteiger charge is -2.11. The molecule has 5 heteroatoms. The van der Waals surface area contributed by atoms with Gasteiger partial charge in [-0.25, -0.2) is 0 Å². The molecule has 1 N–H and O–H groups in total. The number of nitrogens with one attached hydrogen (secondary N) is 1. The van der Waals surface area contributed by atoms with Crippen molar-refractivity contribution in [2.24, 2.45) is 0 Å². The second kappa shape index (κ2) is 7.93. The molecule has 1 aromatic carbocycles. The molecule has 0 fully saturated rings. The fraction of sp³-hybridized carbons (Fsp3) is 0.462. The maximum atomic E-state index is 8.96. The van der Waals surface area contributed by atoms with Crippen LogP contribution in [0, 0.1) is 11.3 Å². The summed E-state index contributed by atoms with van der Waals surface area (Å²) in [5.74, 6) is 0. The van der Waals surface area contributed by atoms with Gasteiger partial charge in [0.15, 0.2) is 0 Å². The predicted molar refractivity (Wildman–Crippen MR) is 74.0 cm³/mol. The van der Waals surface area contributed by atoms with Crippen LogP contribution >= 0.6 is 11.6 Å². The summed E-state index contributed by atoms with van der Waals surface area (Å²) in [6.07, 6.45) is 0. The Morgan fingerprint density at radius 2 is 2.17 bits per heavy atom. The lowest BCUT2D eigenvalue weighted by atomic mass is 10.2. The van der Waals surface area contributed by atoms with E-state index in [0.29, 0.717) is 30.3 Å². The Bertz CT molecular complexity index is 415. The van der Waals surface area contributed by atoms with E-state index >= 15 is 0 Å². The summed E-state index contributed by atoms with van der Waals surface area (Å²) in [4.78, 5) is 2.07. The second-order valence-corrected chi connectivity index (χ2v) is 4.58. The number of nitrogens with zero attached hydrogens (tertiary/aromatic N) is 2. The number of ether oxygens (including phenoxy) is 1. The Morgan fingerprint density at radius 1 is 1.39 bits per heavy atom. The van der Waals surface area contributed by atoms with Crippen LogP contribution in [0.2, 0.25) is 5.02 Å². The van der Waals surface area contributed by atoms with Gasteiger partial charge in [0.05, 0.1) is 24.5 Å². The molecule has 4 nitrogen and oxygen atoms in total. The Morgan fingerprint density at radius 3 is 2.83 bits per heavy atom. The third kappa shape index (κ3) is 5.37. The van der Waals surface area contributed by atoms with E-state index in [4.69, 9.17) is 21.6 Å². The fourth-order valence-corrected chi connectivity index (χ4v) is 1.54. The van der Waals surface area contributed by atoms with Crippen LogP contribution in [0.15, 0.2) is 18.2 Å². The largest absolute Gasteiger partial charge is 0.382 e. The zero-order valence-electron chi connectivity index (χ0n) is 10.7. The highest BCUT2D eigenvalue weighted by Gasteiger charge is 2.01. The minimum atomic E-state index is 0.552. The van der Waals surface area contributed by atoms with E-state index in [-0.39, 0.29) is 0 Å². The van der Waals surface area contributed by atoms with Gasteiger partial charge in [0, 0.05) is 18.1 Å². The van der Waals surface area contributed by atoms with E-state index in [1.807, 2.05) is 14.1 Å². The molecule has 0 unspecified atom stereocenters. The van der Waals surface area contributed by atoms with Crippen LogP contribution in [-0.2, 0) is 4.74 Å². The molecule has 0 atom stereocenters. The standard InChI is InChI=1S/C13H18ClN3O/c1-17(2)6-8-18-7-5-16-13-4-3-12(14)9-11(13)10-15/h3-4,9,16H,5-8H2,1-2H3. The molecule has 0 bridgehead atoms. The maximum Gasteiger partial charge on any atom is 0.101 e. The van der Waals surface area contributed by atoms with Gasteiger partial charge in [-0.05, 0) is 32.3 Å². The third-order valence-corrected chi connectivity index (χ3v) is 2.58. The summed E-state index contributed by atoms with van der Waals surface area (Å²) in [7, 11) is 4.02. The van der Waals surface area contributed by atoms with Crippen LogP contribution in [-0.4, -0.2) is 45.3 Å². The number of halogens is 1. The highest BCUT2D eigenvalue weighted by atomic mass is 35.5. The van der Waals surface area contributed by atoms with Crippen LogP contribution < -0.4 is 5.32 Å². The molecule has 98 valence electrons. The lowest BCUT2D eigenvalue weighted by Crippen LogP contribution is -2.20. The molecular weight excluding hydrogens is 250 g/mol. The Kier molecular flexibility index (Phi) is 6.51. The van der Waals surface area contributed by atoms with E-state index in [1.165, 1.54) is 0 Å². The van der Waals surface area contributed by atoms with E-state index in [0.717, 1.165) is 12.2 Å². The summed E-state index contributed by atoms with van der Waals surface area (Å²) in [5, 5.41) is 12.7. The molecule has 0 aromatic heterocycles. The van der Waals surface area contributed by atoms with Gasteiger partial charge >= 0.3 is 0 Å². The molecule has 0 radical (unpaired) electrons. The SMILES string of the molecule is CN(C)CCOCCNc1ccc(Cl)cc1C#N. The molecular formula is C13H18ClN3O. The van der Waals surface area contributed by atoms with Gasteiger partial charge in [0.2, 0.25) is 0 Å². The Hall–Kier alpha value is -1.28. The van der Waals surface area contributed by atoms with Crippen LogP contribution in [0.4, 0.5) is 5.69 Å². The minimum Gasteiger partial charge on any atom is -0.382 e. The summed E-state index contributed by atoms with van der Waals surface area (Å²) < 4.78 is 5.45. The predicted octanol–water partition coefficient (Wildman–Crippen LogP) is 2.20. The van der Waals surface area contributed by atoms with Crippen molar-refractivity contribution in [1.29, 1.82) is 5.26 Å². The zero-order chi connectivity index (χ0) is 13.4. The van der Waals surface area contributed by atoms with Crippen molar-refractivity contribution in [2.45, 2.75) is 0 Å². The first-order valence-corrected chi connectivity index (χ1v) is 6.17. The van der Waals surface area contributed by atoms with Gasteiger partial charge in [0.1, 0.15) is 6.07 Å². The fourth-order valence-electron chi connectivity index (χ4n) is 1.37. The zero-order valence-corrected chi connectivity index (χ0v) is 11.5. The third-order valence-electron chi connectivity index (χ3n) is 2.35. The smallest absolute Gasteiger partial charge is 0.101 e. The average molecular weight is 268 g/mol. The van der Waals surface area contributed by atoms with Crippen molar-refractivity contribution in [3.05, 3.63) is 28.8 Å². The molecule has 0 saturated carbocycles. The van der Waals surface area contributed by atoms with Gasteiger partial charge in [0.25, 0.3) is 0 Å². The van der Waals surface area contributed by atoms with Crippen LogP contribution in [0.3, 0.4) is 0 Å². The molecule has 0 amide bonds. The number of benzene rings is 1. The van der Waals surface area contributed by atoms with E-state index < -0.39 is 0 Å². The van der Waals surface area contributed by atoms with Crippen LogP contribution in [0.5, 0.6) is 0 Å². The van der Waals surface area contributed by atoms with E-state index in [9.17, 15) is 0 Å². The van der Waals surface area contributed by atoms with Crippen molar-refractivity contribution in [3.63, 3.8) is 0 Å². The number of anilines is 1. The highest BCUT2D eigenvalue weighted by molar-refractivity contribution is 6.30. The molecule has 0 aliphatic rings. The Balaban J connectivity index is 2.29. The van der Waals surface area contributed by atoms with Crippen molar-refractivity contribution < 1.29 is 4.74 Å². The van der Waals surface area contributed by atoms with Crippen LogP contribution in [0.1, 0.15) is 5.56 Å². The summed E-state index contributed by atoms with van der Waals surface area (Å²) >= 11 is 5.82. The molecule has 0 aliphatic carbocycles. The first-order chi connectivity index (χ1) is 8.63. The van der Waals surface area contributed by atoms with Gasteiger partial charge in [-0.3, -0.25) is 0 Å². The minimum absolute atomic E-state index is 0.552. The number of rotatable bonds is 7. The number of hydrogen-bond donors (Lipinski definition) is 1. The summed E-state index contributed by atoms with van der Waals surface area (Å²) in [5.41, 5.74) is 1.34. The normalized spacial score (nSPS) is 10.4. The Labute approximate surface area is 113 Å². The quantitative estimate of drug-likeness (QED) is 0.770. The number of nitriles is 1.